The number of hydrogen-bond acceptors (Lipinski definition) is 5. The molecule has 0 spiro atoms. The van der Waals surface area contributed by atoms with Gasteiger partial charge in [-0.3, -0.25) is 4.79 Å². The predicted octanol–water partition coefficient (Wildman–Crippen LogP) is 1.77. The van der Waals surface area contributed by atoms with Crippen molar-refractivity contribution in [2.45, 2.75) is 31.7 Å². The fourth-order valence-electron chi connectivity index (χ4n) is 3.08. The highest BCUT2D eigenvalue weighted by atomic mass is 16.5. The van der Waals surface area contributed by atoms with Gasteiger partial charge in [0.05, 0.1) is 13.5 Å². The van der Waals surface area contributed by atoms with Crippen LogP contribution in [0.4, 0.5) is 5.95 Å². The molecular formula is C19H24N4O2. The van der Waals surface area contributed by atoms with Crippen molar-refractivity contribution in [2.75, 3.05) is 26.1 Å². The number of amides is 1. The maximum atomic E-state index is 12.3. The molecule has 0 saturated carbocycles. The van der Waals surface area contributed by atoms with Crippen LogP contribution in [0.5, 0.6) is 5.75 Å². The monoisotopic (exact) mass is 340 g/mol. The third-order valence-corrected chi connectivity index (χ3v) is 4.40. The minimum absolute atomic E-state index is 0.0348. The van der Waals surface area contributed by atoms with E-state index in [1.54, 1.807) is 7.11 Å². The molecular weight excluding hydrogens is 316 g/mol. The average Bonchev–Trinajstić information content (AvgIpc) is 2.61. The number of methoxy groups -OCH3 is 1. The molecule has 0 aliphatic heterocycles. The van der Waals surface area contributed by atoms with Crippen LogP contribution in [0, 0.1) is 0 Å². The maximum absolute atomic E-state index is 12.3. The van der Waals surface area contributed by atoms with Crippen LogP contribution in [0.2, 0.25) is 0 Å². The number of carbonyl (C=O) groups is 1. The van der Waals surface area contributed by atoms with Crippen molar-refractivity contribution >= 4 is 11.9 Å². The molecule has 1 aromatic carbocycles. The first-order valence-electron chi connectivity index (χ1n) is 8.49. The lowest BCUT2D eigenvalue weighted by molar-refractivity contribution is -0.121. The molecule has 0 radical (unpaired) electrons. The highest BCUT2D eigenvalue weighted by Gasteiger charge is 2.22. The SMILES string of the molecule is COc1cccc(CC(=O)NC2CCc3nc(N(C)C)ncc3C2)c1. The summed E-state index contributed by atoms with van der Waals surface area (Å²) >= 11 is 0. The Bertz CT molecular complexity index is 761. The van der Waals surface area contributed by atoms with Gasteiger partial charge < -0.3 is 15.0 Å². The molecule has 1 N–H and O–H groups in total. The lowest BCUT2D eigenvalue weighted by atomic mass is 9.92. The van der Waals surface area contributed by atoms with Crippen molar-refractivity contribution < 1.29 is 9.53 Å². The van der Waals surface area contributed by atoms with E-state index in [2.05, 4.69) is 15.3 Å². The zero-order valence-electron chi connectivity index (χ0n) is 15.0. The van der Waals surface area contributed by atoms with Gasteiger partial charge >= 0.3 is 0 Å². The van der Waals surface area contributed by atoms with Gasteiger partial charge in [0.1, 0.15) is 5.75 Å². The molecule has 2 aromatic rings. The van der Waals surface area contributed by atoms with Crippen molar-refractivity contribution in [1.29, 1.82) is 0 Å². The Kier molecular flexibility index (Phi) is 5.16. The molecule has 6 nitrogen and oxygen atoms in total. The molecule has 132 valence electrons. The standard InChI is InChI=1S/C19H24N4O2/c1-23(2)19-20-12-14-11-15(7-8-17(14)22-19)21-18(24)10-13-5-4-6-16(9-13)25-3/h4-6,9,12,15H,7-8,10-11H2,1-3H3,(H,21,24). The number of fused-ring (bicyclic) bond motifs is 1. The van der Waals surface area contributed by atoms with E-state index in [4.69, 9.17) is 4.74 Å². The van der Waals surface area contributed by atoms with Crippen LogP contribution < -0.4 is 15.0 Å². The summed E-state index contributed by atoms with van der Waals surface area (Å²) in [7, 11) is 5.50. The van der Waals surface area contributed by atoms with Gasteiger partial charge in [-0.25, -0.2) is 9.97 Å². The fourth-order valence-corrected chi connectivity index (χ4v) is 3.08. The van der Waals surface area contributed by atoms with Crippen LogP contribution in [0.1, 0.15) is 23.2 Å². The smallest absolute Gasteiger partial charge is 0.224 e. The first-order valence-corrected chi connectivity index (χ1v) is 8.49. The van der Waals surface area contributed by atoms with Crippen LogP contribution >= 0.6 is 0 Å². The highest BCUT2D eigenvalue weighted by molar-refractivity contribution is 5.79. The second kappa shape index (κ2) is 7.51. The molecule has 1 aromatic heterocycles. The van der Waals surface area contributed by atoms with E-state index in [-0.39, 0.29) is 11.9 Å². The van der Waals surface area contributed by atoms with Gasteiger partial charge in [-0.05, 0) is 42.5 Å². The Morgan fingerprint density at radius 2 is 2.24 bits per heavy atom. The normalized spacial score (nSPS) is 16.0. The third kappa shape index (κ3) is 4.26. The molecule has 3 rings (SSSR count). The number of ether oxygens (including phenoxy) is 1. The molecule has 1 aliphatic carbocycles. The van der Waals surface area contributed by atoms with Gasteiger partial charge in [0.25, 0.3) is 0 Å². The Hall–Kier alpha value is -2.63. The number of anilines is 1. The molecule has 6 heteroatoms. The highest BCUT2D eigenvalue weighted by Crippen LogP contribution is 2.21. The summed E-state index contributed by atoms with van der Waals surface area (Å²) in [6.45, 7) is 0. The zero-order valence-corrected chi connectivity index (χ0v) is 15.0. The van der Waals surface area contributed by atoms with Crippen molar-refractivity contribution in [1.82, 2.24) is 15.3 Å². The number of aryl methyl sites for hydroxylation is 1. The van der Waals surface area contributed by atoms with Crippen molar-refractivity contribution in [3.63, 3.8) is 0 Å². The van der Waals surface area contributed by atoms with Gasteiger partial charge in [-0.2, -0.15) is 0 Å². The first kappa shape index (κ1) is 17.2. The number of nitrogens with zero attached hydrogens (tertiary/aromatic N) is 3. The van der Waals surface area contributed by atoms with E-state index in [1.165, 1.54) is 0 Å². The molecule has 0 saturated heterocycles. The fraction of sp³-hybridized carbons (Fsp3) is 0.421. The number of hydrogen-bond donors (Lipinski definition) is 1. The molecule has 0 bridgehead atoms. The van der Waals surface area contributed by atoms with Gasteiger partial charge in [0, 0.05) is 32.0 Å². The van der Waals surface area contributed by atoms with E-state index < -0.39 is 0 Å². The summed E-state index contributed by atoms with van der Waals surface area (Å²) in [4.78, 5) is 23.2. The Labute approximate surface area is 148 Å². The summed E-state index contributed by atoms with van der Waals surface area (Å²) in [6.07, 6.45) is 4.80. The first-order chi connectivity index (χ1) is 12.0. The summed E-state index contributed by atoms with van der Waals surface area (Å²) in [5, 5.41) is 3.14. The largest absolute Gasteiger partial charge is 0.497 e. The van der Waals surface area contributed by atoms with Crippen LogP contribution in [0.25, 0.3) is 0 Å². The second-order valence-electron chi connectivity index (χ2n) is 6.57. The Balaban J connectivity index is 1.59. The van der Waals surface area contributed by atoms with E-state index in [1.807, 2.05) is 49.5 Å². The van der Waals surface area contributed by atoms with E-state index in [9.17, 15) is 4.79 Å². The average molecular weight is 340 g/mol. The maximum Gasteiger partial charge on any atom is 0.224 e. The second-order valence-corrected chi connectivity index (χ2v) is 6.57. The van der Waals surface area contributed by atoms with Crippen molar-refractivity contribution in [3.05, 3.63) is 47.3 Å². The molecule has 1 heterocycles. The molecule has 1 atom stereocenters. The number of rotatable bonds is 5. The lowest BCUT2D eigenvalue weighted by Gasteiger charge is -2.25. The molecule has 25 heavy (non-hydrogen) atoms. The zero-order chi connectivity index (χ0) is 17.8. The summed E-state index contributed by atoms with van der Waals surface area (Å²) < 4.78 is 5.20. The van der Waals surface area contributed by atoms with Crippen LogP contribution in [0.3, 0.4) is 0 Å². The topological polar surface area (TPSA) is 67.3 Å². The van der Waals surface area contributed by atoms with Crippen LogP contribution in [0.15, 0.2) is 30.5 Å². The minimum atomic E-state index is 0.0348. The van der Waals surface area contributed by atoms with E-state index in [0.717, 1.165) is 47.8 Å². The third-order valence-electron chi connectivity index (χ3n) is 4.40. The Morgan fingerprint density at radius 3 is 3.00 bits per heavy atom. The molecule has 0 fully saturated rings. The van der Waals surface area contributed by atoms with Crippen LogP contribution in [-0.2, 0) is 24.1 Å². The van der Waals surface area contributed by atoms with Gasteiger partial charge in [-0.15, -0.1) is 0 Å². The number of nitrogens with one attached hydrogen (secondary N) is 1. The number of carbonyl (C=O) groups excluding carboxylic acids is 1. The van der Waals surface area contributed by atoms with Gasteiger partial charge in [0.2, 0.25) is 11.9 Å². The lowest BCUT2D eigenvalue weighted by Crippen LogP contribution is -2.40. The summed E-state index contributed by atoms with van der Waals surface area (Å²) in [6, 6.07) is 7.75. The molecule has 1 amide bonds. The van der Waals surface area contributed by atoms with Crippen molar-refractivity contribution in [3.8, 4) is 5.75 Å². The quantitative estimate of drug-likeness (QED) is 0.898. The van der Waals surface area contributed by atoms with Gasteiger partial charge in [-0.1, -0.05) is 12.1 Å². The minimum Gasteiger partial charge on any atom is -0.497 e. The van der Waals surface area contributed by atoms with E-state index in [0.29, 0.717) is 6.42 Å². The molecule has 1 aliphatic rings. The number of aromatic nitrogens is 2. The van der Waals surface area contributed by atoms with E-state index >= 15 is 0 Å². The van der Waals surface area contributed by atoms with Crippen molar-refractivity contribution in [2.24, 2.45) is 0 Å². The van der Waals surface area contributed by atoms with Gasteiger partial charge in [0.15, 0.2) is 0 Å². The number of benzene rings is 1. The Morgan fingerprint density at radius 1 is 1.40 bits per heavy atom. The van der Waals surface area contributed by atoms with Crippen LogP contribution in [-0.4, -0.2) is 43.1 Å². The predicted molar refractivity (Wildman–Crippen MR) is 97.0 cm³/mol. The summed E-state index contributed by atoms with van der Waals surface area (Å²) in [5.41, 5.74) is 3.17. The molecule has 1 unspecified atom stereocenters. The summed E-state index contributed by atoms with van der Waals surface area (Å²) in [5.74, 6) is 1.54.